The Hall–Kier alpha value is -0.700. The predicted molar refractivity (Wildman–Crippen MR) is 68.7 cm³/mol. The molecular formula is C11H20N2O5S. The fraction of sp³-hybridized carbons (Fsp3) is 0.909. The lowest BCUT2D eigenvalue weighted by atomic mass is 10.1. The molecule has 8 heteroatoms. The maximum atomic E-state index is 11.5. The van der Waals surface area contributed by atoms with Crippen LogP contribution in [0.3, 0.4) is 0 Å². The minimum absolute atomic E-state index is 0.0310. The Bertz CT molecular complexity index is 430. The van der Waals surface area contributed by atoms with Crippen molar-refractivity contribution in [2.75, 3.05) is 44.2 Å². The molecule has 0 saturated carbocycles. The molecule has 2 fully saturated rings. The molecule has 110 valence electrons. The Morgan fingerprint density at radius 2 is 1.79 bits per heavy atom. The Kier molecular flexibility index (Phi) is 4.44. The summed E-state index contributed by atoms with van der Waals surface area (Å²) in [7, 11) is -3.11. The number of piperazine rings is 1. The van der Waals surface area contributed by atoms with E-state index < -0.39 is 21.9 Å². The summed E-state index contributed by atoms with van der Waals surface area (Å²) in [5.74, 6) is -0.917. The van der Waals surface area contributed by atoms with E-state index in [1.807, 2.05) is 4.90 Å². The van der Waals surface area contributed by atoms with Gasteiger partial charge in [-0.15, -0.1) is 0 Å². The number of aliphatic hydroxyl groups excluding tert-OH is 1. The summed E-state index contributed by atoms with van der Waals surface area (Å²) in [6, 6.07) is -0.299. The second-order valence-corrected chi connectivity index (χ2v) is 7.39. The molecule has 7 nitrogen and oxygen atoms in total. The van der Waals surface area contributed by atoms with Gasteiger partial charge in [0, 0.05) is 32.7 Å². The van der Waals surface area contributed by atoms with Gasteiger partial charge in [-0.3, -0.25) is 9.69 Å². The van der Waals surface area contributed by atoms with Crippen LogP contribution in [0, 0.1) is 0 Å². The third-order valence-electron chi connectivity index (χ3n) is 3.81. The second-order valence-electron chi connectivity index (χ2n) is 5.23. The number of carbonyl (C=O) groups is 1. The van der Waals surface area contributed by atoms with E-state index in [0.717, 1.165) is 13.1 Å². The molecule has 2 atom stereocenters. The molecule has 0 amide bonds. The monoisotopic (exact) mass is 292 g/mol. The maximum Gasteiger partial charge on any atom is 0.304 e. The number of aliphatic hydroxyl groups is 1. The van der Waals surface area contributed by atoms with Crippen LogP contribution in [0.2, 0.25) is 0 Å². The maximum absolute atomic E-state index is 11.5. The first-order valence-electron chi connectivity index (χ1n) is 6.44. The summed E-state index contributed by atoms with van der Waals surface area (Å²) in [5.41, 5.74) is 0. The van der Waals surface area contributed by atoms with E-state index in [-0.39, 0.29) is 24.0 Å². The summed E-state index contributed by atoms with van der Waals surface area (Å²) >= 11 is 0. The van der Waals surface area contributed by atoms with Gasteiger partial charge in [0.15, 0.2) is 9.84 Å². The molecule has 0 aromatic rings. The van der Waals surface area contributed by atoms with Crippen LogP contribution in [0.4, 0.5) is 0 Å². The van der Waals surface area contributed by atoms with E-state index in [9.17, 15) is 18.3 Å². The Morgan fingerprint density at radius 1 is 1.16 bits per heavy atom. The molecule has 0 spiro atoms. The molecule has 0 bridgehead atoms. The predicted octanol–water partition coefficient (Wildman–Crippen LogP) is -1.76. The fourth-order valence-corrected chi connectivity index (χ4v) is 4.56. The molecule has 2 aliphatic heterocycles. The zero-order valence-electron chi connectivity index (χ0n) is 10.7. The van der Waals surface area contributed by atoms with Gasteiger partial charge in [-0.25, -0.2) is 8.42 Å². The standard InChI is InChI=1S/C11H20N2O5S/c14-10-8-19(17,18)7-9(10)13-5-3-12(4-6-13)2-1-11(15)16/h9-10,14H,1-8H2,(H,15,16). The molecule has 0 radical (unpaired) electrons. The number of carboxylic acid groups (broad SMARTS) is 1. The number of carboxylic acids is 1. The molecule has 2 N–H and O–H groups in total. The minimum atomic E-state index is -3.11. The van der Waals surface area contributed by atoms with Gasteiger partial charge < -0.3 is 15.1 Å². The highest BCUT2D eigenvalue weighted by Gasteiger charge is 2.40. The molecule has 2 saturated heterocycles. The summed E-state index contributed by atoms with van der Waals surface area (Å²) < 4.78 is 22.9. The summed E-state index contributed by atoms with van der Waals surface area (Å²) in [6.07, 6.45) is -0.670. The second kappa shape index (κ2) is 5.74. The third kappa shape index (κ3) is 3.88. The van der Waals surface area contributed by atoms with Gasteiger partial charge in [-0.1, -0.05) is 0 Å². The van der Waals surface area contributed by atoms with Crippen molar-refractivity contribution in [3.63, 3.8) is 0 Å². The van der Waals surface area contributed by atoms with Gasteiger partial charge in [0.25, 0.3) is 0 Å². The number of hydrogen-bond donors (Lipinski definition) is 2. The largest absolute Gasteiger partial charge is 0.481 e. The van der Waals surface area contributed by atoms with Crippen molar-refractivity contribution < 1.29 is 23.4 Å². The van der Waals surface area contributed by atoms with Crippen LogP contribution in [0.25, 0.3) is 0 Å². The van der Waals surface area contributed by atoms with E-state index >= 15 is 0 Å². The highest BCUT2D eigenvalue weighted by molar-refractivity contribution is 7.91. The average molecular weight is 292 g/mol. The number of sulfone groups is 1. The zero-order chi connectivity index (χ0) is 14.0. The van der Waals surface area contributed by atoms with Gasteiger partial charge in [-0.05, 0) is 0 Å². The molecule has 2 heterocycles. The van der Waals surface area contributed by atoms with Crippen molar-refractivity contribution in [1.82, 2.24) is 9.80 Å². The van der Waals surface area contributed by atoms with Crippen LogP contribution in [0.5, 0.6) is 0 Å². The van der Waals surface area contributed by atoms with Crippen molar-refractivity contribution in [2.45, 2.75) is 18.6 Å². The third-order valence-corrected chi connectivity index (χ3v) is 5.51. The number of hydrogen-bond acceptors (Lipinski definition) is 6. The molecule has 2 unspecified atom stereocenters. The summed E-state index contributed by atoms with van der Waals surface area (Å²) in [4.78, 5) is 14.6. The van der Waals surface area contributed by atoms with Crippen molar-refractivity contribution >= 4 is 15.8 Å². The lowest BCUT2D eigenvalue weighted by Gasteiger charge is -2.38. The molecule has 0 aromatic heterocycles. The summed E-state index contributed by atoms with van der Waals surface area (Å²) in [6.45, 7) is 3.31. The molecule has 2 rings (SSSR count). The molecule has 2 aliphatic rings. The molecule has 19 heavy (non-hydrogen) atoms. The van der Waals surface area contributed by atoms with Gasteiger partial charge in [-0.2, -0.15) is 0 Å². The van der Waals surface area contributed by atoms with E-state index in [2.05, 4.69) is 4.90 Å². The van der Waals surface area contributed by atoms with Gasteiger partial charge >= 0.3 is 5.97 Å². The highest BCUT2D eigenvalue weighted by Crippen LogP contribution is 2.19. The van der Waals surface area contributed by atoms with E-state index in [0.29, 0.717) is 19.6 Å². The lowest BCUT2D eigenvalue weighted by Crippen LogP contribution is -2.53. The van der Waals surface area contributed by atoms with Crippen LogP contribution < -0.4 is 0 Å². The zero-order valence-corrected chi connectivity index (χ0v) is 11.5. The minimum Gasteiger partial charge on any atom is -0.481 e. The topological polar surface area (TPSA) is 98.2 Å². The average Bonchev–Trinajstić information content (AvgIpc) is 2.61. The van der Waals surface area contributed by atoms with E-state index in [4.69, 9.17) is 5.11 Å². The van der Waals surface area contributed by atoms with Crippen LogP contribution in [0.1, 0.15) is 6.42 Å². The van der Waals surface area contributed by atoms with Crippen molar-refractivity contribution in [3.05, 3.63) is 0 Å². The Morgan fingerprint density at radius 3 is 2.26 bits per heavy atom. The highest BCUT2D eigenvalue weighted by atomic mass is 32.2. The Balaban J connectivity index is 1.82. The normalized spacial score (nSPS) is 32.5. The van der Waals surface area contributed by atoms with Crippen LogP contribution in [0.15, 0.2) is 0 Å². The SMILES string of the molecule is O=C(O)CCN1CCN(C2CS(=O)(=O)CC2O)CC1. The number of rotatable bonds is 4. The Labute approximate surface area is 112 Å². The quantitative estimate of drug-likeness (QED) is 0.633. The van der Waals surface area contributed by atoms with Crippen LogP contribution >= 0.6 is 0 Å². The van der Waals surface area contributed by atoms with Crippen molar-refractivity contribution in [2.24, 2.45) is 0 Å². The van der Waals surface area contributed by atoms with Crippen LogP contribution in [-0.4, -0.2) is 90.8 Å². The first kappa shape index (κ1) is 14.7. The molecule has 0 aliphatic carbocycles. The first-order chi connectivity index (χ1) is 8.87. The molecule has 0 aromatic carbocycles. The first-order valence-corrected chi connectivity index (χ1v) is 8.26. The van der Waals surface area contributed by atoms with Gasteiger partial charge in [0.1, 0.15) is 0 Å². The number of nitrogens with zero attached hydrogens (tertiary/aromatic N) is 2. The van der Waals surface area contributed by atoms with Crippen molar-refractivity contribution in [3.8, 4) is 0 Å². The lowest BCUT2D eigenvalue weighted by molar-refractivity contribution is -0.137. The number of aliphatic carboxylic acids is 1. The van der Waals surface area contributed by atoms with Crippen molar-refractivity contribution in [1.29, 1.82) is 0 Å². The van der Waals surface area contributed by atoms with Gasteiger partial charge in [0.05, 0.1) is 30.1 Å². The van der Waals surface area contributed by atoms with E-state index in [1.54, 1.807) is 0 Å². The van der Waals surface area contributed by atoms with Crippen LogP contribution in [-0.2, 0) is 14.6 Å². The molecular weight excluding hydrogens is 272 g/mol. The summed E-state index contributed by atoms with van der Waals surface area (Å²) in [5, 5.41) is 18.4. The smallest absolute Gasteiger partial charge is 0.304 e. The van der Waals surface area contributed by atoms with E-state index in [1.165, 1.54) is 0 Å². The fourth-order valence-electron chi connectivity index (χ4n) is 2.73. The van der Waals surface area contributed by atoms with Gasteiger partial charge in [0.2, 0.25) is 0 Å².